The van der Waals surface area contributed by atoms with Crippen molar-refractivity contribution in [2.75, 3.05) is 10.6 Å². The summed E-state index contributed by atoms with van der Waals surface area (Å²) in [4.78, 5) is 20.5. The Balaban J connectivity index is 1.74. The Kier molecular flexibility index (Phi) is 6.79. The summed E-state index contributed by atoms with van der Waals surface area (Å²) >= 11 is 0. The molecule has 2 atom stereocenters. The number of benzene rings is 2. The van der Waals surface area contributed by atoms with Gasteiger partial charge < -0.3 is 22.1 Å². The second kappa shape index (κ2) is 10.1. The smallest absolute Gasteiger partial charge is 0.252 e. The summed E-state index contributed by atoms with van der Waals surface area (Å²) < 4.78 is 15.1. The number of nitrogens with two attached hydrogens (primary N) is 2. The number of nitrogens with one attached hydrogen (secondary N) is 2. The molecule has 0 spiro atoms. The summed E-state index contributed by atoms with van der Waals surface area (Å²) in [7, 11) is 0. The number of amides is 1. The second-order valence-electron chi connectivity index (χ2n) is 7.92. The molecule has 0 aliphatic rings. The van der Waals surface area contributed by atoms with Gasteiger partial charge in [-0.15, -0.1) is 0 Å². The topological polar surface area (TPSA) is 119 Å². The zero-order valence-corrected chi connectivity index (χ0v) is 18.6. The van der Waals surface area contributed by atoms with E-state index in [1.807, 2.05) is 73.7 Å². The Morgan fingerprint density at radius 2 is 1.59 bits per heavy atom. The average Bonchev–Trinajstić information content (AvgIpc) is 2.84. The van der Waals surface area contributed by atoms with Crippen molar-refractivity contribution in [3.05, 3.63) is 113 Å². The SMILES string of the molecule is Cc1cncc(Nc2nc(N[C@@H](c3ccccc3)[C@H](N)c3ccccc3)c(F)cc2C(N)=O)c1. The molecule has 34 heavy (non-hydrogen) atoms. The molecule has 0 aliphatic carbocycles. The highest BCUT2D eigenvalue weighted by molar-refractivity contribution is 5.98. The van der Waals surface area contributed by atoms with Crippen molar-refractivity contribution in [1.82, 2.24) is 9.97 Å². The van der Waals surface area contributed by atoms with Gasteiger partial charge in [0.2, 0.25) is 0 Å². The molecule has 2 heterocycles. The van der Waals surface area contributed by atoms with E-state index in [2.05, 4.69) is 20.6 Å². The van der Waals surface area contributed by atoms with Crippen molar-refractivity contribution in [2.45, 2.75) is 19.0 Å². The number of primary amides is 1. The van der Waals surface area contributed by atoms with Gasteiger partial charge in [0.25, 0.3) is 5.91 Å². The number of nitrogens with zero attached hydrogens (tertiary/aromatic N) is 2. The molecule has 0 saturated carbocycles. The summed E-state index contributed by atoms with van der Waals surface area (Å²) in [5, 5.41) is 6.17. The predicted molar refractivity (Wildman–Crippen MR) is 131 cm³/mol. The quantitative estimate of drug-likeness (QED) is 0.307. The summed E-state index contributed by atoms with van der Waals surface area (Å²) in [5.41, 5.74) is 15.3. The molecule has 172 valence electrons. The highest BCUT2D eigenvalue weighted by Crippen LogP contribution is 2.32. The Morgan fingerprint density at radius 1 is 0.941 bits per heavy atom. The molecule has 0 aliphatic heterocycles. The third kappa shape index (κ3) is 5.19. The third-order valence-electron chi connectivity index (χ3n) is 5.37. The van der Waals surface area contributed by atoms with Crippen molar-refractivity contribution in [3.8, 4) is 0 Å². The summed E-state index contributed by atoms with van der Waals surface area (Å²) in [6, 6.07) is 20.9. The van der Waals surface area contributed by atoms with Crippen LogP contribution in [0.5, 0.6) is 0 Å². The molecule has 0 unspecified atom stereocenters. The number of carbonyl (C=O) groups excluding carboxylic acids is 1. The first-order valence-corrected chi connectivity index (χ1v) is 10.7. The first-order valence-electron chi connectivity index (χ1n) is 10.7. The van der Waals surface area contributed by atoms with E-state index < -0.39 is 23.8 Å². The zero-order valence-electron chi connectivity index (χ0n) is 18.6. The van der Waals surface area contributed by atoms with Crippen LogP contribution >= 0.6 is 0 Å². The van der Waals surface area contributed by atoms with Gasteiger partial charge >= 0.3 is 0 Å². The molecule has 0 radical (unpaired) electrons. The number of hydrogen-bond acceptors (Lipinski definition) is 6. The Bertz CT molecular complexity index is 1280. The van der Waals surface area contributed by atoms with Crippen LogP contribution in [-0.4, -0.2) is 15.9 Å². The maximum absolute atomic E-state index is 15.1. The monoisotopic (exact) mass is 456 g/mol. The number of carbonyl (C=O) groups is 1. The molecular weight excluding hydrogens is 431 g/mol. The number of halogens is 1. The molecule has 0 saturated heterocycles. The van der Waals surface area contributed by atoms with Gasteiger partial charge in [0.05, 0.1) is 29.5 Å². The minimum Gasteiger partial charge on any atom is -0.365 e. The van der Waals surface area contributed by atoms with Gasteiger partial charge in [-0.1, -0.05) is 60.7 Å². The molecular formula is C26H25FN6O. The Labute approximate surface area is 197 Å². The van der Waals surface area contributed by atoms with Gasteiger partial charge in [0.1, 0.15) is 5.82 Å². The maximum atomic E-state index is 15.1. The van der Waals surface area contributed by atoms with Crippen LogP contribution in [0.4, 0.5) is 21.7 Å². The minimum atomic E-state index is -0.804. The lowest BCUT2D eigenvalue weighted by Crippen LogP contribution is -2.27. The number of anilines is 3. The number of aromatic nitrogens is 2. The Morgan fingerprint density at radius 3 is 2.21 bits per heavy atom. The van der Waals surface area contributed by atoms with E-state index in [9.17, 15) is 4.79 Å². The van der Waals surface area contributed by atoms with E-state index in [1.54, 1.807) is 12.4 Å². The van der Waals surface area contributed by atoms with Crippen LogP contribution in [0, 0.1) is 12.7 Å². The van der Waals surface area contributed by atoms with E-state index in [0.717, 1.165) is 22.8 Å². The lowest BCUT2D eigenvalue weighted by atomic mass is 9.94. The fourth-order valence-electron chi connectivity index (χ4n) is 3.69. The van der Waals surface area contributed by atoms with Gasteiger partial charge in [-0.05, 0) is 35.7 Å². The van der Waals surface area contributed by atoms with Crippen LogP contribution in [0.3, 0.4) is 0 Å². The average molecular weight is 457 g/mol. The molecule has 1 amide bonds. The van der Waals surface area contributed by atoms with Crippen LogP contribution in [0.25, 0.3) is 0 Å². The van der Waals surface area contributed by atoms with E-state index in [1.165, 1.54) is 0 Å². The molecule has 2 aromatic carbocycles. The molecule has 4 aromatic rings. The summed E-state index contributed by atoms with van der Waals surface area (Å²) in [6.07, 6.45) is 3.27. The standard InChI is InChI=1S/C26H25FN6O/c1-16-12-19(15-30-14-16)31-25-20(24(29)34)13-21(27)26(33-25)32-23(18-10-6-3-7-11-18)22(28)17-8-4-2-5-9-17/h2-15,22-23H,28H2,1H3,(H2,29,34)(H2,31,32,33)/t22-,23+/m1/s1. The van der Waals surface area contributed by atoms with E-state index in [4.69, 9.17) is 11.5 Å². The third-order valence-corrected chi connectivity index (χ3v) is 5.37. The number of hydrogen-bond donors (Lipinski definition) is 4. The van der Waals surface area contributed by atoms with Gasteiger partial charge in [0, 0.05) is 6.20 Å². The number of pyridine rings is 2. The lowest BCUT2D eigenvalue weighted by molar-refractivity contribution is 0.100. The number of rotatable bonds is 8. The van der Waals surface area contributed by atoms with E-state index in [0.29, 0.717) is 5.69 Å². The largest absolute Gasteiger partial charge is 0.365 e. The highest BCUT2D eigenvalue weighted by Gasteiger charge is 2.24. The summed E-state index contributed by atoms with van der Waals surface area (Å²) in [5.74, 6) is -1.47. The second-order valence-corrected chi connectivity index (χ2v) is 7.92. The molecule has 2 aromatic heterocycles. The molecule has 8 heteroatoms. The maximum Gasteiger partial charge on any atom is 0.252 e. The van der Waals surface area contributed by atoms with Crippen LogP contribution in [0.15, 0.2) is 85.2 Å². The van der Waals surface area contributed by atoms with Gasteiger partial charge in [-0.25, -0.2) is 9.37 Å². The van der Waals surface area contributed by atoms with Crippen LogP contribution in [-0.2, 0) is 0 Å². The van der Waals surface area contributed by atoms with Gasteiger partial charge in [-0.3, -0.25) is 9.78 Å². The highest BCUT2D eigenvalue weighted by atomic mass is 19.1. The van der Waals surface area contributed by atoms with Crippen molar-refractivity contribution in [1.29, 1.82) is 0 Å². The number of aryl methyl sites for hydroxylation is 1. The van der Waals surface area contributed by atoms with Crippen molar-refractivity contribution in [3.63, 3.8) is 0 Å². The van der Waals surface area contributed by atoms with Gasteiger partial charge in [0.15, 0.2) is 11.6 Å². The first kappa shape index (κ1) is 22.9. The molecule has 6 N–H and O–H groups in total. The normalized spacial score (nSPS) is 12.6. The predicted octanol–water partition coefficient (Wildman–Crippen LogP) is 4.62. The zero-order chi connectivity index (χ0) is 24.1. The Hall–Kier alpha value is -4.30. The molecule has 4 rings (SSSR count). The lowest BCUT2D eigenvalue weighted by Gasteiger charge is -2.27. The van der Waals surface area contributed by atoms with Crippen molar-refractivity contribution in [2.24, 2.45) is 11.5 Å². The first-order chi connectivity index (χ1) is 16.4. The van der Waals surface area contributed by atoms with Crippen LogP contribution in [0.2, 0.25) is 0 Å². The molecule has 0 fully saturated rings. The van der Waals surface area contributed by atoms with Crippen molar-refractivity contribution >= 4 is 23.2 Å². The molecule has 0 bridgehead atoms. The van der Waals surface area contributed by atoms with Crippen molar-refractivity contribution < 1.29 is 9.18 Å². The van der Waals surface area contributed by atoms with Crippen LogP contribution < -0.4 is 22.1 Å². The fraction of sp³-hybridized carbons (Fsp3) is 0.115. The van der Waals surface area contributed by atoms with E-state index in [-0.39, 0.29) is 17.2 Å². The minimum absolute atomic E-state index is 0.0617. The van der Waals surface area contributed by atoms with Crippen LogP contribution in [0.1, 0.15) is 39.1 Å². The van der Waals surface area contributed by atoms with Gasteiger partial charge in [-0.2, -0.15) is 0 Å². The molecule has 7 nitrogen and oxygen atoms in total. The summed E-state index contributed by atoms with van der Waals surface area (Å²) in [6.45, 7) is 1.88. The fourth-order valence-corrected chi connectivity index (χ4v) is 3.69. The van der Waals surface area contributed by atoms with E-state index >= 15 is 4.39 Å².